The summed E-state index contributed by atoms with van der Waals surface area (Å²) in [6.07, 6.45) is 4.94. The SMILES string of the molecule is CCc1cccc([SiH]2CCCCO2)c1CC. The molecule has 1 nitrogen and oxygen atoms in total. The van der Waals surface area contributed by atoms with Gasteiger partial charge in [-0.15, -0.1) is 0 Å². The standard InChI is InChI=1S/C14H22OSi/c1-3-12-8-7-9-14(13(12)4-2)16-11-6-5-10-15-16/h7-9,16H,3-6,10-11H2,1-2H3. The molecule has 1 fully saturated rings. The zero-order chi connectivity index (χ0) is 11.4. The molecule has 0 radical (unpaired) electrons. The van der Waals surface area contributed by atoms with Gasteiger partial charge in [0.1, 0.15) is 0 Å². The van der Waals surface area contributed by atoms with E-state index < -0.39 is 9.04 Å². The van der Waals surface area contributed by atoms with Gasteiger partial charge in [0.2, 0.25) is 9.04 Å². The van der Waals surface area contributed by atoms with E-state index in [4.69, 9.17) is 4.43 Å². The Balaban J connectivity index is 2.30. The molecule has 0 amide bonds. The molecule has 0 spiro atoms. The van der Waals surface area contributed by atoms with Crippen molar-refractivity contribution in [2.24, 2.45) is 0 Å². The summed E-state index contributed by atoms with van der Waals surface area (Å²) in [7, 11) is -1.08. The Morgan fingerprint density at radius 1 is 1.19 bits per heavy atom. The first-order valence-corrected chi connectivity index (χ1v) is 8.45. The smallest absolute Gasteiger partial charge is 0.208 e. The monoisotopic (exact) mass is 234 g/mol. The summed E-state index contributed by atoms with van der Waals surface area (Å²) >= 11 is 0. The lowest BCUT2D eigenvalue weighted by atomic mass is 10.0. The fourth-order valence-electron chi connectivity index (χ4n) is 2.70. The topological polar surface area (TPSA) is 9.23 Å². The lowest BCUT2D eigenvalue weighted by Crippen LogP contribution is -2.39. The van der Waals surface area contributed by atoms with E-state index in [9.17, 15) is 0 Å². The largest absolute Gasteiger partial charge is 0.415 e. The number of benzene rings is 1. The van der Waals surface area contributed by atoms with Crippen molar-refractivity contribution in [3.05, 3.63) is 29.3 Å². The van der Waals surface area contributed by atoms with Gasteiger partial charge in [0, 0.05) is 6.61 Å². The van der Waals surface area contributed by atoms with Crippen LogP contribution in [0.25, 0.3) is 0 Å². The summed E-state index contributed by atoms with van der Waals surface area (Å²) in [6, 6.07) is 8.15. The van der Waals surface area contributed by atoms with Gasteiger partial charge >= 0.3 is 0 Å². The molecule has 88 valence electrons. The molecule has 0 bridgehead atoms. The third-order valence-corrected chi connectivity index (χ3v) is 6.38. The highest BCUT2D eigenvalue weighted by atomic mass is 28.3. The predicted octanol–water partition coefficient (Wildman–Crippen LogP) is 2.55. The third-order valence-electron chi connectivity index (χ3n) is 3.57. The van der Waals surface area contributed by atoms with Crippen LogP contribution in [0.4, 0.5) is 0 Å². The Labute approximate surface area is 101 Å². The second-order valence-electron chi connectivity index (χ2n) is 4.55. The van der Waals surface area contributed by atoms with Crippen LogP contribution in [0.15, 0.2) is 18.2 Å². The van der Waals surface area contributed by atoms with Crippen molar-refractivity contribution >= 4 is 14.2 Å². The molecule has 1 aliphatic heterocycles. The molecular weight excluding hydrogens is 212 g/mol. The van der Waals surface area contributed by atoms with E-state index in [-0.39, 0.29) is 0 Å². The fraction of sp³-hybridized carbons (Fsp3) is 0.571. The van der Waals surface area contributed by atoms with Crippen LogP contribution in [0.5, 0.6) is 0 Å². The number of hydrogen-bond donors (Lipinski definition) is 0. The molecule has 0 aromatic heterocycles. The Hall–Kier alpha value is -0.603. The molecule has 1 saturated heterocycles. The van der Waals surface area contributed by atoms with E-state index in [0.717, 1.165) is 19.4 Å². The summed E-state index contributed by atoms with van der Waals surface area (Å²) < 4.78 is 6.04. The van der Waals surface area contributed by atoms with Gasteiger partial charge in [-0.2, -0.15) is 0 Å². The molecule has 1 unspecified atom stereocenters. The molecular formula is C14H22OSi. The molecule has 1 atom stereocenters. The highest BCUT2D eigenvalue weighted by Gasteiger charge is 2.21. The van der Waals surface area contributed by atoms with E-state index in [0.29, 0.717) is 0 Å². The van der Waals surface area contributed by atoms with Gasteiger partial charge in [-0.25, -0.2) is 0 Å². The predicted molar refractivity (Wildman–Crippen MR) is 72.0 cm³/mol. The molecule has 2 rings (SSSR count). The van der Waals surface area contributed by atoms with Gasteiger partial charge in [-0.3, -0.25) is 0 Å². The number of aryl methyl sites for hydroxylation is 1. The van der Waals surface area contributed by atoms with Crippen molar-refractivity contribution < 1.29 is 4.43 Å². The average Bonchev–Trinajstić information content (AvgIpc) is 2.38. The molecule has 0 N–H and O–H groups in total. The van der Waals surface area contributed by atoms with E-state index in [1.54, 1.807) is 10.8 Å². The third kappa shape index (κ3) is 2.38. The zero-order valence-corrected chi connectivity index (χ0v) is 11.6. The van der Waals surface area contributed by atoms with E-state index in [2.05, 4.69) is 32.0 Å². The summed E-state index contributed by atoms with van der Waals surface area (Å²) in [6.45, 7) is 5.52. The van der Waals surface area contributed by atoms with Gasteiger partial charge < -0.3 is 4.43 Å². The van der Waals surface area contributed by atoms with Crippen LogP contribution in [0.2, 0.25) is 6.04 Å². The summed E-state index contributed by atoms with van der Waals surface area (Å²) in [5.74, 6) is 0. The summed E-state index contributed by atoms with van der Waals surface area (Å²) in [4.78, 5) is 0. The van der Waals surface area contributed by atoms with Gasteiger partial charge in [0.15, 0.2) is 0 Å². The van der Waals surface area contributed by atoms with Crippen LogP contribution in [0, 0.1) is 0 Å². The maximum absolute atomic E-state index is 6.04. The molecule has 1 aliphatic rings. The number of rotatable bonds is 3. The molecule has 0 saturated carbocycles. The molecule has 1 aromatic carbocycles. The summed E-state index contributed by atoms with van der Waals surface area (Å²) in [5, 5.41) is 1.58. The lowest BCUT2D eigenvalue weighted by Gasteiger charge is -2.24. The van der Waals surface area contributed by atoms with Gasteiger partial charge in [0.25, 0.3) is 0 Å². The Morgan fingerprint density at radius 2 is 2.06 bits per heavy atom. The minimum absolute atomic E-state index is 0.996. The van der Waals surface area contributed by atoms with Crippen molar-refractivity contribution in [2.45, 2.75) is 45.6 Å². The Morgan fingerprint density at radius 3 is 2.69 bits per heavy atom. The summed E-state index contributed by atoms with van der Waals surface area (Å²) in [5.41, 5.74) is 3.12. The highest BCUT2D eigenvalue weighted by molar-refractivity contribution is 6.68. The minimum atomic E-state index is -1.08. The van der Waals surface area contributed by atoms with Crippen LogP contribution in [0.3, 0.4) is 0 Å². The van der Waals surface area contributed by atoms with Crippen LogP contribution in [-0.2, 0) is 17.3 Å². The molecule has 1 aromatic rings. The maximum atomic E-state index is 6.04. The molecule has 1 heterocycles. The lowest BCUT2D eigenvalue weighted by molar-refractivity contribution is 0.294. The van der Waals surface area contributed by atoms with Gasteiger partial charge in [-0.05, 0) is 41.6 Å². The molecule has 16 heavy (non-hydrogen) atoms. The first-order valence-electron chi connectivity index (χ1n) is 6.59. The molecule has 2 heteroatoms. The van der Waals surface area contributed by atoms with Crippen molar-refractivity contribution in [1.29, 1.82) is 0 Å². The van der Waals surface area contributed by atoms with E-state index in [1.165, 1.54) is 24.4 Å². The normalized spacial score (nSPS) is 21.0. The zero-order valence-electron chi connectivity index (χ0n) is 10.5. The minimum Gasteiger partial charge on any atom is -0.415 e. The van der Waals surface area contributed by atoms with E-state index >= 15 is 0 Å². The Kier molecular flexibility index (Phi) is 4.19. The average molecular weight is 234 g/mol. The van der Waals surface area contributed by atoms with Crippen LogP contribution >= 0.6 is 0 Å². The van der Waals surface area contributed by atoms with Crippen molar-refractivity contribution in [3.63, 3.8) is 0 Å². The second kappa shape index (κ2) is 5.64. The Bertz CT molecular complexity index is 343. The first kappa shape index (κ1) is 11.9. The quantitative estimate of drug-likeness (QED) is 0.730. The van der Waals surface area contributed by atoms with Crippen LogP contribution < -0.4 is 5.19 Å². The fourth-order valence-corrected chi connectivity index (χ4v) is 5.58. The van der Waals surface area contributed by atoms with Crippen LogP contribution in [0.1, 0.15) is 37.8 Å². The van der Waals surface area contributed by atoms with Gasteiger partial charge in [-0.1, -0.05) is 38.5 Å². The van der Waals surface area contributed by atoms with Crippen molar-refractivity contribution in [1.82, 2.24) is 0 Å². The van der Waals surface area contributed by atoms with Crippen molar-refractivity contribution in [3.8, 4) is 0 Å². The van der Waals surface area contributed by atoms with Crippen LogP contribution in [-0.4, -0.2) is 15.6 Å². The first-order chi connectivity index (χ1) is 7.86. The number of hydrogen-bond acceptors (Lipinski definition) is 1. The highest BCUT2D eigenvalue weighted by Crippen LogP contribution is 2.15. The maximum Gasteiger partial charge on any atom is 0.208 e. The second-order valence-corrected chi connectivity index (χ2v) is 7.06. The van der Waals surface area contributed by atoms with Crippen molar-refractivity contribution in [2.75, 3.05) is 6.61 Å². The van der Waals surface area contributed by atoms with Gasteiger partial charge in [0.05, 0.1) is 0 Å². The van der Waals surface area contributed by atoms with E-state index in [1.807, 2.05) is 0 Å². The molecule has 0 aliphatic carbocycles.